The van der Waals surface area contributed by atoms with Gasteiger partial charge >= 0.3 is 0 Å². The number of anilines is 1. The summed E-state index contributed by atoms with van der Waals surface area (Å²) in [6, 6.07) is 9.95. The van der Waals surface area contributed by atoms with Crippen LogP contribution in [0.15, 0.2) is 49.2 Å². The van der Waals surface area contributed by atoms with Gasteiger partial charge in [0.15, 0.2) is 0 Å². The van der Waals surface area contributed by atoms with E-state index < -0.39 is 0 Å². The number of allylic oxidation sites excluding steroid dienone is 1. The van der Waals surface area contributed by atoms with Crippen molar-refractivity contribution in [2.24, 2.45) is 0 Å². The SMILES string of the molecule is C=C(CCC)c1ccc(NCCOc2ccc(F)cc2)nc1. The Balaban J connectivity index is 1.75. The Kier molecular flexibility index (Phi) is 5.95. The van der Waals surface area contributed by atoms with E-state index in [1.165, 1.54) is 12.1 Å². The molecule has 0 atom stereocenters. The monoisotopic (exact) mass is 300 g/mol. The van der Waals surface area contributed by atoms with E-state index in [4.69, 9.17) is 4.74 Å². The first-order chi connectivity index (χ1) is 10.7. The third kappa shape index (κ3) is 4.88. The molecule has 0 aliphatic carbocycles. The van der Waals surface area contributed by atoms with Crippen LogP contribution in [0.2, 0.25) is 0 Å². The van der Waals surface area contributed by atoms with Crippen molar-refractivity contribution in [3.8, 4) is 5.75 Å². The molecule has 116 valence electrons. The fourth-order valence-electron chi connectivity index (χ4n) is 2.03. The highest BCUT2D eigenvalue weighted by Crippen LogP contribution is 2.18. The summed E-state index contributed by atoms with van der Waals surface area (Å²) >= 11 is 0. The predicted octanol–water partition coefficient (Wildman–Crippen LogP) is 4.52. The van der Waals surface area contributed by atoms with Gasteiger partial charge in [-0.1, -0.05) is 19.9 Å². The number of halogens is 1. The molecule has 0 bridgehead atoms. The zero-order chi connectivity index (χ0) is 15.8. The van der Waals surface area contributed by atoms with E-state index in [2.05, 4.69) is 23.8 Å². The summed E-state index contributed by atoms with van der Waals surface area (Å²) in [4.78, 5) is 4.36. The Morgan fingerprint density at radius 2 is 2.00 bits per heavy atom. The average Bonchev–Trinajstić information content (AvgIpc) is 2.54. The second-order valence-electron chi connectivity index (χ2n) is 5.01. The summed E-state index contributed by atoms with van der Waals surface area (Å²) in [7, 11) is 0. The highest BCUT2D eigenvalue weighted by atomic mass is 19.1. The second kappa shape index (κ2) is 8.17. The molecule has 1 N–H and O–H groups in total. The minimum Gasteiger partial charge on any atom is -0.492 e. The topological polar surface area (TPSA) is 34.1 Å². The first kappa shape index (κ1) is 16.0. The van der Waals surface area contributed by atoms with Crippen molar-refractivity contribution in [3.05, 3.63) is 60.6 Å². The molecule has 0 fully saturated rings. The molecule has 0 saturated carbocycles. The maximum atomic E-state index is 12.8. The van der Waals surface area contributed by atoms with Crippen LogP contribution < -0.4 is 10.1 Å². The van der Waals surface area contributed by atoms with Crippen LogP contribution in [-0.2, 0) is 0 Å². The third-order valence-electron chi connectivity index (χ3n) is 3.21. The molecule has 1 heterocycles. The quantitative estimate of drug-likeness (QED) is 0.728. The zero-order valence-corrected chi connectivity index (χ0v) is 12.8. The summed E-state index contributed by atoms with van der Waals surface area (Å²) in [6.45, 7) is 7.30. The lowest BCUT2D eigenvalue weighted by molar-refractivity contribution is 0.332. The van der Waals surface area contributed by atoms with Crippen LogP contribution >= 0.6 is 0 Å². The maximum absolute atomic E-state index is 12.8. The molecule has 3 nitrogen and oxygen atoms in total. The lowest BCUT2D eigenvalue weighted by atomic mass is 10.1. The molecule has 0 aliphatic rings. The molecule has 2 aromatic rings. The Morgan fingerprint density at radius 3 is 2.64 bits per heavy atom. The van der Waals surface area contributed by atoms with Crippen LogP contribution in [0.4, 0.5) is 10.2 Å². The summed E-state index contributed by atoms with van der Waals surface area (Å²) < 4.78 is 18.3. The number of benzene rings is 1. The smallest absolute Gasteiger partial charge is 0.126 e. The van der Waals surface area contributed by atoms with Crippen molar-refractivity contribution in [3.63, 3.8) is 0 Å². The molecule has 0 radical (unpaired) electrons. The highest BCUT2D eigenvalue weighted by Gasteiger charge is 2.00. The Morgan fingerprint density at radius 1 is 1.23 bits per heavy atom. The molecule has 1 aromatic carbocycles. The Labute approximate surface area is 130 Å². The van der Waals surface area contributed by atoms with Gasteiger partial charge in [-0.25, -0.2) is 9.37 Å². The van der Waals surface area contributed by atoms with Crippen molar-refractivity contribution in [2.45, 2.75) is 19.8 Å². The van der Waals surface area contributed by atoms with Gasteiger partial charge in [0.25, 0.3) is 0 Å². The van der Waals surface area contributed by atoms with Gasteiger partial charge in [-0.05, 0) is 54.0 Å². The van der Waals surface area contributed by atoms with Crippen molar-refractivity contribution in [1.82, 2.24) is 4.98 Å². The third-order valence-corrected chi connectivity index (χ3v) is 3.21. The van der Waals surface area contributed by atoms with Crippen molar-refractivity contribution in [1.29, 1.82) is 0 Å². The maximum Gasteiger partial charge on any atom is 0.126 e. The molecule has 4 heteroatoms. The largest absolute Gasteiger partial charge is 0.492 e. The lowest BCUT2D eigenvalue weighted by Crippen LogP contribution is -2.12. The van der Waals surface area contributed by atoms with Crippen molar-refractivity contribution in [2.75, 3.05) is 18.5 Å². The predicted molar refractivity (Wildman–Crippen MR) is 88.6 cm³/mol. The number of aromatic nitrogens is 1. The molecule has 0 spiro atoms. The first-order valence-corrected chi connectivity index (χ1v) is 7.45. The fraction of sp³-hybridized carbons (Fsp3) is 0.278. The molecule has 0 saturated heterocycles. The summed E-state index contributed by atoms with van der Waals surface area (Å²) in [6.07, 6.45) is 3.90. The van der Waals surface area contributed by atoms with Gasteiger partial charge in [-0.2, -0.15) is 0 Å². The van der Waals surface area contributed by atoms with Crippen molar-refractivity contribution >= 4 is 11.4 Å². The zero-order valence-electron chi connectivity index (χ0n) is 12.8. The summed E-state index contributed by atoms with van der Waals surface area (Å²) in [5.74, 6) is 1.19. The van der Waals surface area contributed by atoms with Gasteiger partial charge in [-0.3, -0.25) is 0 Å². The van der Waals surface area contributed by atoms with Gasteiger partial charge in [-0.15, -0.1) is 0 Å². The molecule has 22 heavy (non-hydrogen) atoms. The minimum absolute atomic E-state index is 0.264. The minimum atomic E-state index is -0.264. The standard InChI is InChI=1S/C18H21FN2O/c1-3-4-14(2)15-5-10-18(21-13-15)20-11-12-22-17-8-6-16(19)7-9-17/h5-10,13H,2-4,11-12H2,1H3,(H,20,21). The molecular formula is C18H21FN2O. The summed E-state index contributed by atoms with van der Waals surface area (Å²) in [5, 5.41) is 3.18. The number of hydrogen-bond acceptors (Lipinski definition) is 3. The van der Waals surface area contributed by atoms with E-state index in [9.17, 15) is 4.39 Å². The molecule has 1 aromatic heterocycles. The van der Waals surface area contributed by atoms with Crippen LogP contribution in [0.5, 0.6) is 5.75 Å². The van der Waals surface area contributed by atoms with Crippen LogP contribution in [0.25, 0.3) is 5.57 Å². The molecular weight excluding hydrogens is 279 g/mol. The number of nitrogens with zero attached hydrogens (tertiary/aromatic N) is 1. The Hall–Kier alpha value is -2.36. The number of hydrogen-bond donors (Lipinski definition) is 1. The van der Waals surface area contributed by atoms with Crippen LogP contribution in [0.3, 0.4) is 0 Å². The normalized spacial score (nSPS) is 10.3. The number of rotatable bonds is 8. The average molecular weight is 300 g/mol. The van der Waals surface area contributed by atoms with Crippen LogP contribution in [0.1, 0.15) is 25.3 Å². The highest BCUT2D eigenvalue weighted by molar-refractivity contribution is 5.63. The number of ether oxygens (including phenoxy) is 1. The van der Waals surface area contributed by atoms with Gasteiger partial charge in [0.1, 0.15) is 24.0 Å². The lowest BCUT2D eigenvalue weighted by Gasteiger charge is -2.09. The van der Waals surface area contributed by atoms with E-state index >= 15 is 0 Å². The van der Waals surface area contributed by atoms with E-state index in [-0.39, 0.29) is 5.82 Å². The number of nitrogens with one attached hydrogen (secondary N) is 1. The van der Waals surface area contributed by atoms with Gasteiger partial charge in [0, 0.05) is 6.20 Å². The second-order valence-corrected chi connectivity index (χ2v) is 5.01. The van der Waals surface area contributed by atoms with Crippen LogP contribution in [0, 0.1) is 5.82 Å². The van der Waals surface area contributed by atoms with Crippen molar-refractivity contribution < 1.29 is 9.13 Å². The fourth-order valence-corrected chi connectivity index (χ4v) is 2.03. The van der Waals surface area contributed by atoms with Gasteiger partial charge < -0.3 is 10.1 Å². The van der Waals surface area contributed by atoms with Gasteiger partial charge in [0.2, 0.25) is 0 Å². The van der Waals surface area contributed by atoms with E-state index in [1.807, 2.05) is 18.3 Å². The Bertz CT molecular complexity index is 593. The summed E-state index contributed by atoms with van der Waals surface area (Å²) in [5.41, 5.74) is 2.19. The van der Waals surface area contributed by atoms with Crippen LogP contribution in [-0.4, -0.2) is 18.1 Å². The van der Waals surface area contributed by atoms with E-state index in [0.717, 1.165) is 29.8 Å². The van der Waals surface area contributed by atoms with E-state index in [0.29, 0.717) is 18.9 Å². The van der Waals surface area contributed by atoms with Gasteiger partial charge in [0.05, 0.1) is 6.54 Å². The molecule has 0 unspecified atom stereocenters. The molecule has 0 aliphatic heterocycles. The van der Waals surface area contributed by atoms with E-state index in [1.54, 1.807) is 12.1 Å². The number of pyridine rings is 1. The first-order valence-electron chi connectivity index (χ1n) is 7.45. The molecule has 0 amide bonds. The molecule has 2 rings (SSSR count).